The zero-order valence-corrected chi connectivity index (χ0v) is 19.8. The quantitative estimate of drug-likeness (QED) is 0.568. The van der Waals surface area contributed by atoms with Crippen LogP contribution in [0.2, 0.25) is 0 Å². The number of nitrogens with one attached hydrogen (secondary N) is 1. The number of aryl methyl sites for hydroxylation is 2. The van der Waals surface area contributed by atoms with Gasteiger partial charge in [-0.3, -0.25) is 14.4 Å². The van der Waals surface area contributed by atoms with E-state index < -0.39 is 30.4 Å². The average molecular weight is 467 g/mol. The van der Waals surface area contributed by atoms with Crippen molar-refractivity contribution < 1.29 is 28.7 Å². The minimum absolute atomic E-state index is 0.00126. The van der Waals surface area contributed by atoms with Crippen molar-refractivity contribution in [2.75, 3.05) is 30.0 Å². The number of amides is 2. The van der Waals surface area contributed by atoms with Crippen molar-refractivity contribution >= 4 is 35.1 Å². The van der Waals surface area contributed by atoms with Crippen molar-refractivity contribution in [2.24, 2.45) is 5.92 Å². The van der Waals surface area contributed by atoms with Gasteiger partial charge in [-0.05, 0) is 55.2 Å². The summed E-state index contributed by atoms with van der Waals surface area (Å²) in [5.74, 6) is -2.33. The van der Waals surface area contributed by atoms with Crippen LogP contribution in [0.3, 0.4) is 0 Å². The van der Waals surface area contributed by atoms with Crippen LogP contribution in [0.25, 0.3) is 0 Å². The molecule has 2 amide bonds. The van der Waals surface area contributed by atoms with Crippen LogP contribution in [0.1, 0.15) is 48.7 Å². The van der Waals surface area contributed by atoms with Gasteiger partial charge >= 0.3 is 11.9 Å². The first-order valence-electron chi connectivity index (χ1n) is 11.5. The number of carbonyl (C=O) groups excluding carboxylic acids is 4. The molecule has 0 bridgehead atoms. The van der Waals surface area contributed by atoms with Gasteiger partial charge in [-0.2, -0.15) is 0 Å². The Bertz CT molecular complexity index is 1040. The number of nitrogens with zero attached hydrogens (tertiary/aromatic N) is 1. The molecule has 1 N–H and O–H groups in total. The maximum atomic E-state index is 12.5. The molecule has 1 saturated heterocycles. The molecule has 0 radical (unpaired) electrons. The van der Waals surface area contributed by atoms with Gasteiger partial charge in [0.1, 0.15) is 0 Å². The predicted molar refractivity (Wildman–Crippen MR) is 128 cm³/mol. The minimum Gasteiger partial charge on any atom is -0.462 e. The Morgan fingerprint density at radius 2 is 1.62 bits per heavy atom. The highest BCUT2D eigenvalue weighted by molar-refractivity contribution is 6.00. The van der Waals surface area contributed by atoms with E-state index in [0.717, 1.165) is 29.7 Å². The number of hydrogen-bond donors (Lipinski definition) is 1. The molecule has 0 unspecified atom stereocenters. The molecule has 2 aromatic carbocycles. The fourth-order valence-electron chi connectivity index (χ4n) is 3.94. The third-order valence-electron chi connectivity index (χ3n) is 5.76. The lowest BCUT2D eigenvalue weighted by Crippen LogP contribution is -2.28. The van der Waals surface area contributed by atoms with Gasteiger partial charge in [0.25, 0.3) is 5.91 Å². The van der Waals surface area contributed by atoms with Crippen molar-refractivity contribution in [1.29, 1.82) is 0 Å². The zero-order valence-electron chi connectivity index (χ0n) is 19.8. The second-order valence-corrected chi connectivity index (χ2v) is 7.99. The first-order valence-corrected chi connectivity index (χ1v) is 11.5. The molecule has 1 heterocycles. The summed E-state index contributed by atoms with van der Waals surface area (Å²) >= 11 is 0. The van der Waals surface area contributed by atoms with Gasteiger partial charge in [0.15, 0.2) is 6.61 Å². The monoisotopic (exact) mass is 466 g/mol. The Kier molecular flexibility index (Phi) is 8.40. The van der Waals surface area contributed by atoms with Gasteiger partial charge in [-0.1, -0.05) is 32.0 Å². The SMILES string of the molecule is CCOC(=O)c1ccc(N2C[C@H](C(=O)OCC(=O)Nc3c(CC)cccc3CC)CC2=O)cc1. The van der Waals surface area contributed by atoms with Gasteiger partial charge in [0.2, 0.25) is 5.91 Å². The molecular formula is C26H30N2O6. The number of hydrogen-bond acceptors (Lipinski definition) is 6. The van der Waals surface area contributed by atoms with Crippen molar-refractivity contribution in [2.45, 2.75) is 40.0 Å². The Hall–Kier alpha value is -3.68. The molecule has 180 valence electrons. The van der Waals surface area contributed by atoms with Crippen molar-refractivity contribution in [3.8, 4) is 0 Å². The molecule has 8 heteroatoms. The fraction of sp³-hybridized carbons (Fsp3) is 0.385. The summed E-state index contributed by atoms with van der Waals surface area (Å²) in [6, 6.07) is 12.3. The van der Waals surface area contributed by atoms with E-state index >= 15 is 0 Å². The number of esters is 2. The third-order valence-corrected chi connectivity index (χ3v) is 5.76. The Morgan fingerprint density at radius 3 is 2.21 bits per heavy atom. The summed E-state index contributed by atoms with van der Waals surface area (Å²) in [6.07, 6.45) is 1.53. The van der Waals surface area contributed by atoms with Gasteiger partial charge in [0, 0.05) is 24.3 Å². The number of carbonyl (C=O) groups is 4. The number of anilines is 2. The first-order chi connectivity index (χ1) is 16.4. The lowest BCUT2D eigenvalue weighted by atomic mass is 10.0. The van der Waals surface area contributed by atoms with Crippen LogP contribution in [0.5, 0.6) is 0 Å². The maximum absolute atomic E-state index is 12.5. The predicted octanol–water partition coefficient (Wildman–Crippen LogP) is 3.52. The van der Waals surface area contributed by atoms with E-state index in [1.165, 1.54) is 4.90 Å². The van der Waals surface area contributed by atoms with Crippen LogP contribution in [0.15, 0.2) is 42.5 Å². The molecule has 0 saturated carbocycles. The molecule has 1 atom stereocenters. The minimum atomic E-state index is -0.667. The normalized spacial score (nSPS) is 15.2. The molecule has 3 rings (SSSR count). The highest BCUT2D eigenvalue weighted by Gasteiger charge is 2.36. The molecular weight excluding hydrogens is 436 g/mol. The molecule has 0 spiro atoms. The van der Waals surface area contributed by atoms with Gasteiger partial charge in [-0.25, -0.2) is 4.79 Å². The Balaban J connectivity index is 1.56. The van der Waals surface area contributed by atoms with Crippen LogP contribution in [-0.2, 0) is 36.7 Å². The van der Waals surface area contributed by atoms with Crippen LogP contribution in [0, 0.1) is 5.92 Å². The van der Waals surface area contributed by atoms with Crippen LogP contribution < -0.4 is 10.2 Å². The van der Waals surface area contributed by atoms with E-state index in [2.05, 4.69) is 5.32 Å². The molecule has 1 aliphatic rings. The summed E-state index contributed by atoms with van der Waals surface area (Å²) in [7, 11) is 0. The van der Waals surface area contributed by atoms with Crippen LogP contribution in [0.4, 0.5) is 11.4 Å². The summed E-state index contributed by atoms with van der Waals surface area (Å²) in [4.78, 5) is 50.7. The molecule has 2 aromatic rings. The number of ether oxygens (including phenoxy) is 2. The second kappa shape index (κ2) is 11.4. The molecule has 34 heavy (non-hydrogen) atoms. The van der Waals surface area contributed by atoms with Crippen molar-refractivity contribution in [3.05, 3.63) is 59.2 Å². The fourth-order valence-corrected chi connectivity index (χ4v) is 3.94. The zero-order chi connectivity index (χ0) is 24.7. The lowest BCUT2D eigenvalue weighted by molar-refractivity contribution is -0.151. The summed E-state index contributed by atoms with van der Waals surface area (Å²) in [6.45, 7) is 5.76. The molecule has 1 fully saturated rings. The topological polar surface area (TPSA) is 102 Å². The van der Waals surface area contributed by atoms with E-state index in [4.69, 9.17) is 9.47 Å². The number of benzene rings is 2. The van der Waals surface area contributed by atoms with Crippen molar-refractivity contribution in [3.63, 3.8) is 0 Å². The van der Waals surface area contributed by atoms with E-state index in [0.29, 0.717) is 11.3 Å². The Labute approximate surface area is 199 Å². The van der Waals surface area contributed by atoms with E-state index in [1.807, 2.05) is 32.0 Å². The number of rotatable bonds is 9. The molecule has 0 aliphatic carbocycles. The lowest BCUT2D eigenvalue weighted by Gasteiger charge is -2.17. The third kappa shape index (κ3) is 5.81. The number of para-hydroxylation sites is 1. The van der Waals surface area contributed by atoms with Crippen molar-refractivity contribution in [1.82, 2.24) is 0 Å². The maximum Gasteiger partial charge on any atom is 0.338 e. The molecule has 8 nitrogen and oxygen atoms in total. The highest BCUT2D eigenvalue weighted by atomic mass is 16.5. The second-order valence-electron chi connectivity index (χ2n) is 7.99. The standard InChI is InChI=1S/C26H30N2O6/c1-4-17-8-7-9-18(5-2)24(17)27-22(29)16-34-26(32)20-14-23(30)28(15-20)21-12-10-19(11-13-21)25(31)33-6-3/h7-13,20H,4-6,14-16H2,1-3H3,(H,27,29)/t20-/m1/s1. The summed E-state index contributed by atoms with van der Waals surface area (Å²) in [5.41, 5.74) is 3.77. The summed E-state index contributed by atoms with van der Waals surface area (Å²) < 4.78 is 10.2. The van der Waals surface area contributed by atoms with Gasteiger partial charge in [-0.15, -0.1) is 0 Å². The van der Waals surface area contributed by atoms with Gasteiger partial charge in [0.05, 0.1) is 18.1 Å². The van der Waals surface area contributed by atoms with E-state index in [9.17, 15) is 19.2 Å². The molecule has 0 aromatic heterocycles. The van der Waals surface area contributed by atoms with E-state index in [1.54, 1.807) is 31.2 Å². The molecule has 1 aliphatic heterocycles. The van der Waals surface area contributed by atoms with Gasteiger partial charge < -0.3 is 19.7 Å². The van der Waals surface area contributed by atoms with Crippen LogP contribution in [-0.4, -0.2) is 43.5 Å². The first kappa shape index (κ1) is 25.0. The Morgan fingerprint density at radius 1 is 0.971 bits per heavy atom. The van der Waals surface area contributed by atoms with Crippen LogP contribution >= 0.6 is 0 Å². The largest absolute Gasteiger partial charge is 0.462 e. The smallest absolute Gasteiger partial charge is 0.338 e. The summed E-state index contributed by atoms with van der Waals surface area (Å²) in [5, 5.41) is 2.86. The average Bonchev–Trinajstić information content (AvgIpc) is 3.24. The van der Waals surface area contributed by atoms with E-state index in [-0.39, 0.29) is 25.5 Å². The highest BCUT2D eigenvalue weighted by Crippen LogP contribution is 2.27.